The lowest BCUT2D eigenvalue weighted by molar-refractivity contribution is 0.274. The Morgan fingerprint density at radius 2 is 1.63 bits per heavy atom. The van der Waals surface area contributed by atoms with Crippen molar-refractivity contribution < 1.29 is 9.47 Å². The molecule has 3 heteroatoms. The van der Waals surface area contributed by atoms with Gasteiger partial charge >= 0.3 is 0 Å². The summed E-state index contributed by atoms with van der Waals surface area (Å²) in [5.74, 6) is 1.45. The minimum atomic E-state index is -0.448. The highest BCUT2D eigenvalue weighted by Crippen LogP contribution is 2.19. The lowest BCUT2D eigenvalue weighted by atomic mass is 10.2. The summed E-state index contributed by atoms with van der Waals surface area (Å²) in [7, 11) is 0. The minimum Gasteiger partial charge on any atom is -0.489 e. The van der Waals surface area contributed by atoms with Crippen molar-refractivity contribution in [2.24, 2.45) is 0 Å². The van der Waals surface area contributed by atoms with Crippen molar-refractivity contribution in [2.75, 3.05) is 0 Å². The Balaban J connectivity index is 1.90. The van der Waals surface area contributed by atoms with Gasteiger partial charge in [0.05, 0.1) is 0 Å². The number of hydrogen-bond donors (Lipinski definition) is 0. The predicted octanol–water partition coefficient (Wildman–Crippen LogP) is 3.56. The number of nitriles is 1. The molecule has 0 aromatic heterocycles. The first-order valence-electron chi connectivity index (χ1n) is 6.11. The maximum atomic E-state index is 8.66. The molecule has 0 aliphatic carbocycles. The van der Waals surface area contributed by atoms with Crippen LogP contribution in [0.1, 0.15) is 12.5 Å². The monoisotopic (exact) mass is 253 g/mol. The van der Waals surface area contributed by atoms with Crippen LogP contribution in [-0.2, 0) is 6.61 Å². The average Bonchev–Trinajstić information content (AvgIpc) is 2.47. The summed E-state index contributed by atoms with van der Waals surface area (Å²) in [5, 5.41) is 8.66. The van der Waals surface area contributed by atoms with Gasteiger partial charge in [-0.15, -0.1) is 0 Å². The van der Waals surface area contributed by atoms with Gasteiger partial charge in [-0.05, 0) is 36.8 Å². The van der Waals surface area contributed by atoms with Gasteiger partial charge in [0.1, 0.15) is 24.2 Å². The molecule has 1 atom stereocenters. The molecule has 0 saturated carbocycles. The molecule has 0 N–H and O–H groups in total. The zero-order valence-corrected chi connectivity index (χ0v) is 10.7. The minimum absolute atomic E-state index is 0.448. The van der Waals surface area contributed by atoms with Crippen LogP contribution >= 0.6 is 0 Å². The SMILES string of the molecule is C[C@@H](C#N)Oc1ccc(OCc2ccccc2)cc1. The molecule has 0 bridgehead atoms. The Morgan fingerprint density at radius 3 is 2.26 bits per heavy atom. The molecule has 0 spiro atoms. The first kappa shape index (κ1) is 13.0. The Kier molecular flexibility index (Phi) is 4.41. The molecule has 0 aliphatic rings. The van der Waals surface area contributed by atoms with E-state index in [4.69, 9.17) is 14.7 Å². The van der Waals surface area contributed by atoms with Crippen LogP contribution in [0.3, 0.4) is 0 Å². The number of rotatable bonds is 5. The van der Waals surface area contributed by atoms with Crippen LogP contribution in [0.4, 0.5) is 0 Å². The number of ether oxygens (including phenoxy) is 2. The highest BCUT2D eigenvalue weighted by atomic mass is 16.5. The normalized spacial score (nSPS) is 11.4. The number of hydrogen-bond acceptors (Lipinski definition) is 3. The second-order valence-corrected chi connectivity index (χ2v) is 4.13. The van der Waals surface area contributed by atoms with Gasteiger partial charge in [-0.25, -0.2) is 0 Å². The van der Waals surface area contributed by atoms with Gasteiger partial charge in [0, 0.05) is 0 Å². The van der Waals surface area contributed by atoms with Crippen molar-refractivity contribution in [1.82, 2.24) is 0 Å². The molecule has 0 unspecified atom stereocenters. The highest BCUT2D eigenvalue weighted by Gasteiger charge is 2.02. The molecule has 0 heterocycles. The Labute approximate surface area is 113 Å². The molecular weight excluding hydrogens is 238 g/mol. The standard InChI is InChI=1S/C16H15NO2/c1-13(11-17)19-16-9-7-15(8-10-16)18-12-14-5-3-2-4-6-14/h2-10,13H,12H2,1H3/t13-/m0/s1. The van der Waals surface area contributed by atoms with Crippen LogP contribution in [0.25, 0.3) is 0 Å². The zero-order chi connectivity index (χ0) is 13.5. The fraction of sp³-hybridized carbons (Fsp3) is 0.188. The summed E-state index contributed by atoms with van der Waals surface area (Å²) < 4.78 is 11.0. The zero-order valence-electron chi connectivity index (χ0n) is 10.7. The summed E-state index contributed by atoms with van der Waals surface area (Å²) in [6, 6.07) is 19.3. The van der Waals surface area contributed by atoms with Crippen molar-refractivity contribution in [3.63, 3.8) is 0 Å². The third kappa shape index (κ3) is 4.04. The molecule has 2 rings (SSSR count). The van der Waals surface area contributed by atoms with Crippen LogP contribution in [-0.4, -0.2) is 6.10 Å². The molecule has 0 saturated heterocycles. The van der Waals surface area contributed by atoms with E-state index in [1.807, 2.05) is 48.5 Å². The molecule has 0 fully saturated rings. The van der Waals surface area contributed by atoms with E-state index in [1.54, 1.807) is 19.1 Å². The van der Waals surface area contributed by atoms with Crippen LogP contribution in [0.5, 0.6) is 11.5 Å². The van der Waals surface area contributed by atoms with Crippen molar-refractivity contribution in [3.05, 3.63) is 60.2 Å². The van der Waals surface area contributed by atoms with E-state index >= 15 is 0 Å². The molecule has 0 amide bonds. The smallest absolute Gasteiger partial charge is 0.181 e. The second kappa shape index (κ2) is 6.46. The summed E-state index contributed by atoms with van der Waals surface area (Å²) in [4.78, 5) is 0. The largest absolute Gasteiger partial charge is 0.489 e. The summed E-state index contributed by atoms with van der Waals surface area (Å²) in [5.41, 5.74) is 1.13. The fourth-order valence-electron chi connectivity index (χ4n) is 1.59. The predicted molar refractivity (Wildman–Crippen MR) is 72.9 cm³/mol. The van der Waals surface area contributed by atoms with E-state index in [1.165, 1.54) is 0 Å². The Morgan fingerprint density at radius 1 is 1.00 bits per heavy atom. The van der Waals surface area contributed by atoms with Crippen LogP contribution in [0.2, 0.25) is 0 Å². The van der Waals surface area contributed by atoms with Crippen molar-refractivity contribution in [2.45, 2.75) is 19.6 Å². The van der Waals surface area contributed by atoms with E-state index in [9.17, 15) is 0 Å². The van der Waals surface area contributed by atoms with E-state index in [2.05, 4.69) is 0 Å². The lowest BCUT2D eigenvalue weighted by Gasteiger charge is -2.09. The quantitative estimate of drug-likeness (QED) is 0.818. The topological polar surface area (TPSA) is 42.2 Å². The fourth-order valence-corrected chi connectivity index (χ4v) is 1.59. The van der Waals surface area contributed by atoms with Gasteiger partial charge in [-0.2, -0.15) is 5.26 Å². The van der Waals surface area contributed by atoms with Gasteiger partial charge in [0.2, 0.25) is 0 Å². The average molecular weight is 253 g/mol. The molecule has 2 aromatic carbocycles. The van der Waals surface area contributed by atoms with Crippen molar-refractivity contribution >= 4 is 0 Å². The first-order valence-corrected chi connectivity index (χ1v) is 6.11. The highest BCUT2D eigenvalue weighted by molar-refractivity contribution is 5.32. The van der Waals surface area contributed by atoms with Crippen molar-refractivity contribution in [3.8, 4) is 17.6 Å². The van der Waals surface area contributed by atoms with Crippen molar-refractivity contribution in [1.29, 1.82) is 5.26 Å². The van der Waals surface area contributed by atoms with E-state index in [-0.39, 0.29) is 0 Å². The third-order valence-corrected chi connectivity index (χ3v) is 2.57. The number of benzene rings is 2. The van der Waals surface area contributed by atoms with E-state index < -0.39 is 6.10 Å². The number of nitrogens with zero attached hydrogens (tertiary/aromatic N) is 1. The van der Waals surface area contributed by atoms with Gasteiger partial charge < -0.3 is 9.47 Å². The van der Waals surface area contributed by atoms with Crippen LogP contribution in [0, 0.1) is 11.3 Å². The van der Waals surface area contributed by atoms with Gasteiger partial charge in [-0.1, -0.05) is 30.3 Å². The van der Waals surface area contributed by atoms with Crippen LogP contribution in [0.15, 0.2) is 54.6 Å². The molecule has 3 nitrogen and oxygen atoms in total. The van der Waals surface area contributed by atoms with Crippen LogP contribution < -0.4 is 9.47 Å². The molecule has 0 radical (unpaired) electrons. The molecule has 2 aromatic rings. The molecular formula is C16H15NO2. The molecule has 96 valence electrons. The lowest BCUT2D eigenvalue weighted by Crippen LogP contribution is -2.07. The maximum absolute atomic E-state index is 8.66. The summed E-state index contributed by atoms with van der Waals surface area (Å²) >= 11 is 0. The summed E-state index contributed by atoms with van der Waals surface area (Å²) in [6.07, 6.45) is -0.448. The van der Waals surface area contributed by atoms with Gasteiger partial charge in [-0.3, -0.25) is 0 Å². The first-order chi connectivity index (χ1) is 9.28. The molecule has 19 heavy (non-hydrogen) atoms. The third-order valence-electron chi connectivity index (χ3n) is 2.57. The van der Waals surface area contributed by atoms with Gasteiger partial charge in [0.25, 0.3) is 0 Å². The second-order valence-electron chi connectivity index (χ2n) is 4.13. The summed E-state index contributed by atoms with van der Waals surface area (Å²) in [6.45, 7) is 2.25. The Hall–Kier alpha value is -2.47. The van der Waals surface area contributed by atoms with E-state index in [0.717, 1.165) is 11.3 Å². The Bertz CT molecular complexity index is 543. The van der Waals surface area contributed by atoms with Gasteiger partial charge in [0.15, 0.2) is 6.10 Å². The molecule has 0 aliphatic heterocycles. The maximum Gasteiger partial charge on any atom is 0.181 e. The van der Waals surface area contributed by atoms with E-state index in [0.29, 0.717) is 12.4 Å².